The third-order valence-corrected chi connectivity index (χ3v) is 4.69. The van der Waals surface area contributed by atoms with E-state index in [2.05, 4.69) is 20.2 Å². The van der Waals surface area contributed by atoms with Crippen molar-refractivity contribution < 1.29 is 4.74 Å². The van der Waals surface area contributed by atoms with Gasteiger partial charge in [0.2, 0.25) is 5.95 Å². The largest absolute Gasteiger partial charge is 0.378 e. The van der Waals surface area contributed by atoms with Crippen LogP contribution in [0.15, 0.2) is 12.4 Å². The average molecular weight is 304 g/mol. The van der Waals surface area contributed by atoms with Crippen molar-refractivity contribution in [3.63, 3.8) is 0 Å². The van der Waals surface area contributed by atoms with Crippen LogP contribution in [0.3, 0.4) is 0 Å². The number of nitrogens with zero attached hydrogens (tertiary/aromatic N) is 3. The van der Waals surface area contributed by atoms with Crippen LogP contribution in [0.4, 0.5) is 5.95 Å². The highest BCUT2D eigenvalue weighted by atomic mass is 16.5. The Kier molecular flexibility index (Phi) is 6.02. The molecule has 122 valence electrons. The molecule has 2 aliphatic rings. The molecule has 1 saturated carbocycles. The summed E-state index contributed by atoms with van der Waals surface area (Å²) < 4.78 is 5.36. The van der Waals surface area contributed by atoms with Gasteiger partial charge >= 0.3 is 0 Å². The predicted octanol–water partition coefficient (Wildman–Crippen LogP) is 2.52. The molecule has 0 aromatic carbocycles. The second kappa shape index (κ2) is 8.44. The third kappa shape index (κ3) is 4.65. The number of aromatic nitrogens is 2. The van der Waals surface area contributed by atoms with Crippen LogP contribution in [0.2, 0.25) is 0 Å². The van der Waals surface area contributed by atoms with E-state index in [9.17, 15) is 0 Å². The molecule has 5 nitrogen and oxygen atoms in total. The molecule has 22 heavy (non-hydrogen) atoms. The van der Waals surface area contributed by atoms with Gasteiger partial charge in [0.1, 0.15) is 0 Å². The van der Waals surface area contributed by atoms with Crippen LogP contribution in [0.25, 0.3) is 0 Å². The number of hydrogen-bond acceptors (Lipinski definition) is 5. The molecule has 1 aromatic rings. The van der Waals surface area contributed by atoms with Crippen molar-refractivity contribution in [3.05, 3.63) is 18.0 Å². The van der Waals surface area contributed by atoms with E-state index in [0.717, 1.165) is 38.8 Å². The fourth-order valence-corrected chi connectivity index (χ4v) is 3.29. The lowest BCUT2D eigenvalue weighted by Crippen LogP contribution is -2.37. The lowest BCUT2D eigenvalue weighted by atomic mass is 9.96. The van der Waals surface area contributed by atoms with Crippen LogP contribution in [0, 0.1) is 0 Å². The van der Waals surface area contributed by atoms with Crippen LogP contribution >= 0.6 is 0 Å². The number of nitrogens with one attached hydrogen (secondary N) is 1. The monoisotopic (exact) mass is 304 g/mol. The van der Waals surface area contributed by atoms with Gasteiger partial charge in [0, 0.05) is 43.6 Å². The Balaban J connectivity index is 1.47. The van der Waals surface area contributed by atoms with Gasteiger partial charge in [-0.2, -0.15) is 0 Å². The summed E-state index contributed by atoms with van der Waals surface area (Å²) in [6.07, 6.45) is 13.5. The molecule has 0 bridgehead atoms. The summed E-state index contributed by atoms with van der Waals surface area (Å²) in [5.41, 5.74) is 1.18. The van der Waals surface area contributed by atoms with E-state index < -0.39 is 0 Å². The molecular formula is C17H28N4O. The Hall–Kier alpha value is -1.20. The predicted molar refractivity (Wildman–Crippen MR) is 88.0 cm³/mol. The van der Waals surface area contributed by atoms with Gasteiger partial charge in [-0.25, -0.2) is 9.97 Å². The quantitative estimate of drug-likeness (QED) is 0.926. The van der Waals surface area contributed by atoms with Gasteiger partial charge in [-0.05, 0) is 12.8 Å². The fraction of sp³-hybridized carbons (Fsp3) is 0.765. The van der Waals surface area contributed by atoms with Crippen molar-refractivity contribution in [2.75, 3.05) is 31.2 Å². The second-order valence-corrected chi connectivity index (χ2v) is 6.41. The molecule has 5 heteroatoms. The summed E-state index contributed by atoms with van der Waals surface area (Å²) in [4.78, 5) is 11.2. The first kappa shape index (κ1) is 15.7. The average Bonchev–Trinajstić information content (AvgIpc) is 2.55. The lowest BCUT2D eigenvalue weighted by molar-refractivity contribution is 0.122. The van der Waals surface area contributed by atoms with Crippen molar-refractivity contribution in [1.82, 2.24) is 15.3 Å². The highest BCUT2D eigenvalue weighted by Gasteiger charge is 2.14. The van der Waals surface area contributed by atoms with Crippen molar-refractivity contribution in [3.8, 4) is 0 Å². The van der Waals surface area contributed by atoms with Gasteiger partial charge in [0.05, 0.1) is 13.2 Å². The highest BCUT2D eigenvalue weighted by Crippen LogP contribution is 2.17. The van der Waals surface area contributed by atoms with Crippen molar-refractivity contribution >= 4 is 5.95 Å². The summed E-state index contributed by atoms with van der Waals surface area (Å²) in [5.74, 6) is 0.831. The van der Waals surface area contributed by atoms with Gasteiger partial charge in [0.25, 0.3) is 0 Å². The molecule has 0 spiro atoms. The Morgan fingerprint density at radius 2 is 1.64 bits per heavy atom. The van der Waals surface area contributed by atoms with Gasteiger partial charge < -0.3 is 15.0 Å². The normalized spacial score (nSPS) is 21.4. The minimum Gasteiger partial charge on any atom is -0.378 e. The highest BCUT2D eigenvalue weighted by molar-refractivity contribution is 5.30. The maximum Gasteiger partial charge on any atom is 0.225 e. The molecule has 1 aromatic heterocycles. The van der Waals surface area contributed by atoms with Crippen molar-refractivity contribution in [2.24, 2.45) is 0 Å². The minimum atomic E-state index is 0.666. The van der Waals surface area contributed by atoms with E-state index >= 15 is 0 Å². The smallest absolute Gasteiger partial charge is 0.225 e. The topological polar surface area (TPSA) is 50.3 Å². The van der Waals surface area contributed by atoms with Crippen LogP contribution in [-0.2, 0) is 11.3 Å². The number of ether oxygens (including phenoxy) is 1. The zero-order chi connectivity index (χ0) is 15.0. The molecule has 0 radical (unpaired) electrons. The zero-order valence-corrected chi connectivity index (χ0v) is 13.5. The summed E-state index contributed by atoms with van der Waals surface area (Å²) in [6.45, 7) is 4.20. The second-order valence-electron chi connectivity index (χ2n) is 6.41. The van der Waals surface area contributed by atoms with E-state index in [-0.39, 0.29) is 0 Å². The zero-order valence-electron chi connectivity index (χ0n) is 13.5. The lowest BCUT2D eigenvalue weighted by Gasteiger charge is -2.26. The van der Waals surface area contributed by atoms with E-state index in [1.54, 1.807) is 0 Å². The molecule has 1 aliphatic heterocycles. The first-order valence-corrected chi connectivity index (χ1v) is 8.79. The van der Waals surface area contributed by atoms with E-state index in [0.29, 0.717) is 6.04 Å². The number of morpholine rings is 1. The SMILES string of the molecule is c1nc(N2CCOCC2)ncc1CNC1CCCCCCC1. The molecule has 3 rings (SSSR count). The van der Waals surface area contributed by atoms with E-state index in [1.165, 1.54) is 50.5 Å². The van der Waals surface area contributed by atoms with Gasteiger partial charge in [-0.15, -0.1) is 0 Å². The van der Waals surface area contributed by atoms with Gasteiger partial charge in [0.15, 0.2) is 0 Å². The Bertz CT molecular complexity index is 423. The maximum absolute atomic E-state index is 5.36. The number of rotatable bonds is 4. The summed E-state index contributed by atoms with van der Waals surface area (Å²) in [5, 5.41) is 3.69. The molecule has 0 amide bonds. The van der Waals surface area contributed by atoms with Gasteiger partial charge in [-0.1, -0.05) is 32.1 Å². The van der Waals surface area contributed by atoms with Crippen LogP contribution in [0.1, 0.15) is 50.5 Å². The van der Waals surface area contributed by atoms with E-state index in [4.69, 9.17) is 4.74 Å². The van der Waals surface area contributed by atoms with Crippen LogP contribution in [0.5, 0.6) is 0 Å². The first-order valence-electron chi connectivity index (χ1n) is 8.79. The molecule has 0 unspecified atom stereocenters. The standard InChI is InChI=1S/C17H28N4O/c1-2-4-6-16(7-5-3-1)18-12-15-13-19-17(20-14-15)21-8-10-22-11-9-21/h13-14,16,18H,1-12H2. The van der Waals surface area contributed by atoms with Crippen molar-refractivity contribution in [2.45, 2.75) is 57.5 Å². The molecule has 2 heterocycles. The molecule has 1 N–H and O–H groups in total. The Morgan fingerprint density at radius 3 is 2.32 bits per heavy atom. The molecular weight excluding hydrogens is 276 g/mol. The third-order valence-electron chi connectivity index (χ3n) is 4.69. The maximum atomic E-state index is 5.36. The molecule has 0 atom stereocenters. The fourth-order valence-electron chi connectivity index (χ4n) is 3.29. The molecule has 1 aliphatic carbocycles. The summed E-state index contributed by atoms with van der Waals surface area (Å²) in [7, 11) is 0. The Labute approximate surface area is 133 Å². The summed E-state index contributed by atoms with van der Waals surface area (Å²) >= 11 is 0. The minimum absolute atomic E-state index is 0.666. The van der Waals surface area contributed by atoms with Crippen LogP contribution in [-0.4, -0.2) is 42.3 Å². The van der Waals surface area contributed by atoms with Crippen molar-refractivity contribution in [1.29, 1.82) is 0 Å². The van der Waals surface area contributed by atoms with Gasteiger partial charge in [-0.3, -0.25) is 0 Å². The number of anilines is 1. The van der Waals surface area contributed by atoms with Crippen LogP contribution < -0.4 is 10.2 Å². The van der Waals surface area contributed by atoms with E-state index in [1.807, 2.05) is 12.4 Å². The number of hydrogen-bond donors (Lipinski definition) is 1. The molecule has 1 saturated heterocycles. The summed E-state index contributed by atoms with van der Waals surface area (Å²) in [6, 6.07) is 0.666. The molecule has 2 fully saturated rings. The Morgan fingerprint density at radius 1 is 1.00 bits per heavy atom. The first-order chi connectivity index (χ1) is 10.9.